The first-order valence-corrected chi connectivity index (χ1v) is 14.1. The fraction of sp³-hybridized carbons (Fsp3) is 0.533. The number of hydrogen-bond donors (Lipinski definition) is 4. The van der Waals surface area contributed by atoms with Crippen molar-refractivity contribution in [2.45, 2.75) is 39.5 Å². The van der Waals surface area contributed by atoms with Crippen molar-refractivity contribution in [3.63, 3.8) is 0 Å². The van der Waals surface area contributed by atoms with Gasteiger partial charge in [-0.15, -0.1) is 0 Å². The molecule has 0 fully saturated rings. The number of phosphoric acid groups is 2. The van der Waals surface area contributed by atoms with Gasteiger partial charge in [-0.25, -0.2) is 0 Å². The molecular formula is C15H24IO11P2-. The minimum absolute atomic E-state index is 0.135. The molecule has 0 aliphatic carbocycles. The number of esters is 1. The number of ether oxygens (including phenoxy) is 1. The second kappa shape index (κ2) is 10.1. The molecule has 4 N–H and O–H groups in total. The van der Waals surface area contributed by atoms with E-state index in [4.69, 9.17) is 16.9 Å². The Kier molecular flexibility index (Phi) is 9.13. The number of rotatable bonds is 10. The zero-order valence-electron chi connectivity index (χ0n) is 16.4. The van der Waals surface area contributed by atoms with Crippen molar-refractivity contribution in [1.29, 1.82) is 0 Å². The zero-order valence-corrected chi connectivity index (χ0v) is 20.4. The minimum atomic E-state index is -4.96. The third kappa shape index (κ3) is 8.50. The van der Waals surface area contributed by atoms with E-state index in [9.17, 15) is 33.5 Å². The van der Waals surface area contributed by atoms with Crippen LogP contribution in [0.3, 0.4) is 0 Å². The van der Waals surface area contributed by atoms with Crippen LogP contribution in [0.15, 0.2) is 6.07 Å². The Morgan fingerprint density at radius 2 is 1.66 bits per heavy atom. The number of carbonyl (C=O) groups excluding carboxylic acids is 1. The fourth-order valence-electron chi connectivity index (χ4n) is 2.86. The Hall–Kier alpha value is -0.720. The molecule has 29 heavy (non-hydrogen) atoms. The number of benzene rings is 1. The van der Waals surface area contributed by atoms with E-state index in [2.05, 4.69) is 0 Å². The van der Waals surface area contributed by atoms with Gasteiger partial charge in [0.15, 0.2) is 0 Å². The molecule has 0 aliphatic rings. The molecule has 0 aromatic heterocycles. The van der Waals surface area contributed by atoms with Crippen molar-refractivity contribution < 1.29 is 72.0 Å². The van der Waals surface area contributed by atoms with Crippen LogP contribution in [-0.2, 0) is 27.1 Å². The summed E-state index contributed by atoms with van der Waals surface area (Å²) in [5, 5.41) is 0. The molecule has 0 atom stereocenters. The molecule has 1 aromatic carbocycles. The van der Waals surface area contributed by atoms with E-state index in [0.717, 1.165) is 0 Å². The summed E-state index contributed by atoms with van der Waals surface area (Å²) in [5.74, 6) is -1.04. The van der Waals surface area contributed by atoms with Crippen LogP contribution in [0, 0.1) is 13.8 Å². The summed E-state index contributed by atoms with van der Waals surface area (Å²) in [6, 6.07) is 1.18. The maximum atomic E-state index is 12.2. The van der Waals surface area contributed by atoms with Gasteiger partial charge in [0.1, 0.15) is 0 Å². The molecule has 11 nitrogen and oxygen atoms in total. The van der Waals surface area contributed by atoms with Crippen molar-refractivity contribution in [2.75, 3.05) is 11.7 Å². The average Bonchev–Trinajstić information content (AvgIpc) is 2.48. The Bertz CT molecular complexity index is 843. The summed E-state index contributed by atoms with van der Waals surface area (Å²) in [4.78, 5) is 50.9. The number of halogens is 1. The molecule has 168 valence electrons. The Morgan fingerprint density at radius 3 is 2.14 bits per heavy atom. The summed E-state index contributed by atoms with van der Waals surface area (Å²) in [6.45, 7) is 5.85. The van der Waals surface area contributed by atoms with Gasteiger partial charge < -0.3 is 0 Å². The molecule has 0 bridgehead atoms. The molecule has 0 saturated carbocycles. The van der Waals surface area contributed by atoms with Gasteiger partial charge in [-0.3, -0.25) is 0 Å². The van der Waals surface area contributed by atoms with Gasteiger partial charge in [-0.1, -0.05) is 0 Å². The maximum absolute atomic E-state index is 12.2. The van der Waals surface area contributed by atoms with Crippen LogP contribution in [0.25, 0.3) is 0 Å². The second-order valence-electron chi connectivity index (χ2n) is 6.64. The topological polar surface area (TPSA) is 169 Å². The predicted octanol–water partition coefficient (Wildman–Crippen LogP) is -0.935. The summed E-state index contributed by atoms with van der Waals surface area (Å²) in [5.41, 5.74) is -0.634. The van der Waals surface area contributed by atoms with Crippen molar-refractivity contribution in [2.24, 2.45) is 0 Å². The summed E-state index contributed by atoms with van der Waals surface area (Å²) in [6.07, 6.45) is -0.227. The Labute approximate surface area is 179 Å². The molecule has 1 rings (SSSR count). The Balaban J connectivity index is 3.49. The number of hydrogen-bond acceptors (Lipinski definition) is 7. The van der Waals surface area contributed by atoms with E-state index in [1.165, 1.54) is 19.9 Å². The van der Waals surface area contributed by atoms with Gasteiger partial charge in [0.05, 0.1) is 0 Å². The average molecular weight is 569 g/mol. The van der Waals surface area contributed by atoms with Crippen LogP contribution in [0.5, 0.6) is 11.5 Å². The van der Waals surface area contributed by atoms with Crippen LogP contribution < -0.4 is 30.7 Å². The first-order chi connectivity index (χ1) is 13.1. The Morgan fingerprint density at radius 1 is 1.10 bits per heavy atom. The first-order valence-electron chi connectivity index (χ1n) is 7.99. The van der Waals surface area contributed by atoms with Crippen LogP contribution in [0.2, 0.25) is 0 Å². The molecule has 0 aliphatic heterocycles. The van der Waals surface area contributed by atoms with Gasteiger partial charge in [-0.2, -0.15) is 0 Å². The summed E-state index contributed by atoms with van der Waals surface area (Å²) >= 11 is -0.526. The number of alkyl halides is 1. The van der Waals surface area contributed by atoms with Gasteiger partial charge in [-0.05, 0) is 0 Å². The number of aryl methyl sites for hydroxylation is 1. The zero-order chi connectivity index (χ0) is 22.6. The normalized spacial score (nSPS) is 12.7. The van der Waals surface area contributed by atoms with Crippen LogP contribution in [-0.4, -0.2) is 37.3 Å². The second-order valence-corrected chi connectivity index (χ2v) is 10.5. The fourth-order valence-corrected chi connectivity index (χ4v) is 4.16. The number of phosphoric ester groups is 2. The van der Waals surface area contributed by atoms with Crippen molar-refractivity contribution in [1.82, 2.24) is 0 Å². The van der Waals surface area contributed by atoms with Crippen molar-refractivity contribution >= 4 is 21.6 Å². The molecular weight excluding hydrogens is 545 g/mol. The van der Waals surface area contributed by atoms with Gasteiger partial charge in [0.25, 0.3) is 0 Å². The van der Waals surface area contributed by atoms with E-state index in [1.54, 1.807) is 13.8 Å². The first kappa shape index (κ1) is 26.3. The van der Waals surface area contributed by atoms with Crippen LogP contribution in [0.4, 0.5) is 0 Å². The molecule has 0 saturated heterocycles. The third-order valence-corrected chi connectivity index (χ3v) is 5.46. The molecule has 0 unspecified atom stereocenters. The molecule has 0 radical (unpaired) electrons. The van der Waals surface area contributed by atoms with Crippen LogP contribution in [0.1, 0.15) is 37.0 Å². The van der Waals surface area contributed by atoms with Gasteiger partial charge >= 0.3 is 179 Å². The molecule has 0 amide bonds. The van der Waals surface area contributed by atoms with Gasteiger partial charge in [0, 0.05) is 0 Å². The van der Waals surface area contributed by atoms with E-state index in [-0.39, 0.29) is 41.4 Å². The van der Waals surface area contributed by atoms with E-state index < -0.39 is 48.6 Å². The van der Waals surface area contributed by atoms with E-state index in [0.29, 0.717) is 0 Å². The van der Waals surface area contributed by atoms with Crippen molar-refractivity contribution in [3.8, 4) is 11.5 Å². The van der Waals surface area contributed by atoms with Crippen molar-refractivity contribution in [3.05, 3.63) is 22.8 Å². The molecule has 14 heteroatoms. The number of carbonyl (C=O) groups is 1. The quantitative estimate of drug-likeness (QED) is 0.0686. The van der Waals surface area contributed by atoms with E-state index in [1.807, 2.05) is 4.93 Å². The van der Waals surface area contributed by atoms with Gasteiger partial charge in [0.2, 0.25) is 0 Å². The van der Waals surface area contributed by atoms with Crippen LogP contribution >= 0.6 is 15.6 Å². The SMILES string of the molecule is C[I-]OCOC(=O)CC(C)(C)c1c(OP(=O)(O)O)cc(C)c(OP(=O)(O)O)c1C. The summed E-state index contributed by atoms with van der Waals surface area (Å²) in [7, 11) is -9.88. The standard InChI is InChI=1S/C15H24IO11P2/c1-9-6-11(26-28(18,19)20)13(10(2)14(9)27-29(21,22)23)15(3,4)7-12(17)24-8-25-16-5/h6H,7-8H2,1-5H3,(H2,18,19,20)(H2,21,22,23)/q-1. The monoisotopic (exact) mass is 569 g/mol. The molecule has 0 heterocycles. The summed E-state index contributed by atoms with van der Waals surface area (Å²) < 4.78 is 42.3. The van der Waals surface area contributed by atoms with E-state index >= 15 is 0 Å². The molecule has 0 spiro atoms. The third-order valence-electron chi connectivity index (χ3n) is 3.73. The molecule has 1 aromatic rings. The predicted molar refractivity (Wildman–Crippen MR) is 96.9 cm³/mol.